The van der Waals surface area contributed by atoms with Crippen molar-refractivity contribution in [1.29, 1.82) is 0 Å². The van der Waals surface area contributed by atoms with Gasteiger partial charge in [-0.1, -0.05) is 88.4 Å². The molecule has 2 aromatic carbocycles. The van der Waals surface area contributed by atoms with Gasteiger partial charge in [0.2, 0.25) is 0 Å². The second kappa shape index (κ2) is 11.2. The highest BCUT2D eigenvalue weighted by Gasteiger charge is 2.22. The van der Waals surface area contributed by atoms with Gasteiger partial charge in [-0.3, -0.25) is 4.79 Å². The van der Waals surface area contributed by atoms with Crippen molar-refractivity contribution in [3.63, 3.8) is 0 Å². The molecular formula is C23H28O. The number of benzene rings is 2. The molecular weight excluding hydrogens is 292 g/mol. The van der Waals surface area contributed by atoms with E-state index < -0.39 is 0 Å². The first kappa shape index (κ1) is 19.6. The van der Waals surface area contributed by atoms with Gasteiger partial charge < -0.3 is 0 Å². The van der Waals surface area contributed by atoms with Crippen LogP contribution in [0.4, 0.5) is 0 Å². The van der Waals surface area contributed by atoms with E-state index in [1.807, 2.05) is 101 Å². The third-order valence-corrected chi connectivity index (χ3v) is 3.53. The molecule has 0 amide bonds. The van der Waals surface area contributed by atoms with Gasteiger partial charge in [0.15, 0.2) is 5.78 Å². The maximum Gasteiger partial charge on any atom is 0.185 e. The molecule has 1 nitrogen and oxygen atoms in total. The first-order valence-electron chi connectivity index (χ1n) is 8.89. The Balaban J connectivity index is 0.000000671. The number of rotatable bonds is 2. The minimum absolute atomic E-state index is 0.192. The quantitative estimate of drug-likeness (QED) is 0.572. The minimum atomic E-state index is 0.192. The van der Waals surface area contributed by atoms with Crippen LogP contribution in [0.3, 0.4) is 0 Å². The highest BCUT2D eigenvalue weighted by Crippen LogP contribution is 2.29. The van der Waals surface area contributed by atoms with Gasteiger partial charge in [0.05, 0.1) is 0 Å². The van der Waals surface area contributed by atoms with Crippen molar-refractivity contribution in [1.82, 2.24) is 0 Å². The Morgan fingerprint density at radius 1 is 0.625 bits per heavy atom. The lowest BCUT2D eigenvalue weighted by atomic mass is 10.1. The van der Waals surface area contributed by atoms with E-state index in [2.05, 4.69) is 0 Å². The van der Waals surface area contributed by atoms with E-state index in [1.165, 1.54) is 0 Å². The second-order valence-corrected chi connectivity index (χ2v) is 4.99. The lowest BCUT2D eigenvalue weighted by molar-refractivity contribution is -0.111. The standard InChI is InChI=1S/C19H16O.2C2H6/c20-19-17(13-15-7-3-1-4-8-15)11-12-18(19)14-16-9-5-2-6-10-16;2*1-2/h1-10,13-14H,11-12H2;2*1-2H3/b17-13-,18-14-;;. The van der Waals surface area contributed by atoms with E-state index in [-0.39, 0.29) is 5.78 Å². The van der Waals surface area contributed by atoms with Crippen LogP contribution in [-0.2, 0) is 4.79 Å². The Morgan fingerprint density at radius 2 is 0.958 bits per heavy atom. The van der Waals surface area contributed by atoms with E-state index in [0.29, 0.717) is 0 Å². The fraction of sp³-hybridized carbons (Fsp3) is 0.261. The Labute approximate surface area is 146 Å². The molecule has 0 spiro atoms. The molecule has 0 aliphatic heterocycles. The maximum absolute atomic E-state index is 12.4. The van der Waals surface area contributed by atoms with E-state index in [1.54, 1.807) is 0 Å². The highest BCUT2D eigenvalue weighted by molar-refractivity contribution is 6.15. The van der Waals surface area contributed by atoms with Crippen LogP contribution < -0.4 is 0 Å². The average Bonchev–Trinajstić information content (AvgIpc) is 3.00. The minimum Gasteiger partial charge on any atom is -0.289 e. The topological polar surface area (TPSA) is 17.1 Å². The van der Waals surface area contributed by atoms with Crippen molar-refractivity contribution in [2.45, 2.75) is 40.5 Å². The molecule has 1 heteroatoms. The van der Waals surface area contributed by atoms with Gasteiger partial charge in [-0.25, -0.2) is 0 Å². The van der Waals surface area contributed by atoms with Crippen LogP contribution in [0.5, 0.6) is 0 Å². The van der Waals surface area contributed by atoms with E-state index in [4.69, 9.17) is 0 Å². The number of ketones is 1. The van der Waals surface area contributed by atoms with Crippen LogP contribution in [0.25, 0.3) is 12.2 Å². The third-order valence-electron chi connectivity index (χ3n) is 3.53. The Bertz CT molecular complexity index is 604. The number of hydrogen-bond donors (Lipinski definition) is 0. The van der Waals surface area contributed by atoms with Crippen molar-refractivity contribution in [3.8, 4) is 0 Å². The Kier molecular flexibility index (Phi) is 9.14. The summed E-state index contributed by atoms with van der Waals surface area (Å²) in [6, 6.07) is 20.0. The monoisotopic (exact) mass is 320 g/mol. The number of carbonyl (C=O) groups is 1. The maximum atomic E-state index is 12.4. The summed E-state index contributed by atoms with van der Waals surface area (Å²) in [6.45, 7) is 8.00. The average molecular weight is 320 g/mol. The van der Waals surface area contributed by atoms with Crippen LogP contribution in [0, 0.1) is 0 Å². The Hall–Kier alpha value is -2.41. The SMILES string of the molecule is CC.CC.O=C1/C(=C\c2ccccc2)CC/C1=C/c1ccccc1. The Morgan fingerprint density at radius 3 is 1.29 bits per heavy atom. The lowest BCUT2D eigenvalue weighted by Gasteiger charge is -1.97. The molecule has 1 aliphatic carbocycles. The van der Waals surface area contributed by atoms with Crippen LogP contribution >= 0.6 is 0 Å². The predicted octanol–water partition coefficient (Wildman–Crippen LogP) is 6.57. The van der Waals surface area contributed by atoms with Crippen molar-refractivity contribution < 1.29 is 4.79 Å². The molecule has 0 N–H and O–H groups in total. The normalized spacial score (nSPS) is 16.2. The summed E-state index contributed by atoms with van der Waals surface area (Å²) in [5.74, 6) is 0.192. The molecule has 1 aliphatic rings. The molecule has 24 heavy (non-hydrogen) atoms. The highest BCUT2D eigenvalue weighted by atomic mass is 16.1. The van der Waals surface area contributed by atoms with Crippen LogP contribution in [0.15, 0.2) is 71.8 Å². The predicted molar refractivity (Wildman–Crippen MR) is 106 cm³/mol. The first-order chi connectivity index (χ1) is 11.8. The number of allylic oxidation sites excluding steroid dienone is 2. The summed E-state index contributed by atoms with van der Waals surface area (Å²) >= 11 is 0. The summed E-state index contributed by atoms with van der Waals surface area (Å²) in [5, 5.41) is 0. The zero-order valence-electron chi connectivity index (χ0n) is 15.3. The number of hydrogen-bond acceptors (Lipinski definition) is 1. The van der Waals surface area contributed by atoms with Gasteiger partial charge in [0, 0.05) is 11.1 Å². The summed E-state index contributed by atoms with van der Waals surface area (Å²) < 4.78 is 0. The van der Waals surface area contributed by atoms with Crippen LogP contribution in [0.1, 0.15) is 51.7 Å². The van der Waals surface area contributed by atoms with E-state index in [9.17, 15) is 4.79 Å². The van der Waals surface area contributed by atoms with Crippen molar-refractivity contribution in [2.75, 3.05) is 0 Å². The fourth-order valence-corrected chi connectivity index (χ4v) is 2.48. The van der Waals surface area contributed by atoms with Gasteiger partial charge in [-0.05, 0) is 36.1 Å². The van der Waals surface area contributed by atoms with Gasteiger partial charge in [-0.2, -0.15) is 0 Å². The zero-order chi connectivity index (χ0) is 17.8. The third kappa shape index (κ3) is 5.66. The second-order valence-electron chi connectivity index (χ2n) is 4.99. The van der Waals surface area contributed by atoms with E-state index in [0.717, 1.165) is 35.1 Å². The largest absolute Gasteiger partial charge is 0.289 e. The van der Waals surface area contributed by atoms with Gasteiger partial charge >= 0.3 is 0 Å². The van der Waals surface area contributed by atoms with Crippen LogP contribution in [-0.4, -0.2) is 5.78 Å². The molecule has 126 valence electrons. The molecule has 0 radical (unpaired) electrons. The first-order valence-corrected chi connectivity index (χ1v) is 8.89. The van der Waals surface area contributed by atoms with Crippen molar-refractivity contribution >= 4 is 17.9 Å². The molecule has 2 aromatic rings. The summed E-state index contributed by atoms with van der Waals surface area (Å²) in [6.07, 6.45) is 5.70. The molecule has 0 aromatic heterocycles. The molecule has 3 rings (SSSR count). The summed E-state index contributed by atoms with van der Waals surface area (Å²) in [5.41, 5.74) is 4.02. The number of carbonyl (C=O) groups excluding carboxylic acids is 1. The molecule has 0 saturated heterocycles. The molecule has 0 heterocycles. The van der Waals surface area contributed by atoms with E-state index >= 15 is 0 Å². The summed E-state index contributed by atoms with van der Waals surface area (Å²) in [7, 11) is 0. The fourth-order valence-electron chi connectivity index (χ4n) is 2.48. The van der Waals surface area contributed by atoms with Gasteiger partial charge in [0.1, 0.15) is 0 Å². The molecule has 0 bridgehead atoms. The van der Waals surface area contributed by atoms with Crippen molar-refractivity contribution in [3.05, 3.63) is 82.9 Å². The molecule has 0 unspecified atom stereocenters. The number of Topliss-reactive ketones (excluding diaryl/α,β-unsaturated/α-hetero) is 1. The lowest BCUT2D eigenvalue weighted by Crippen LogP contribution is -1.95. The zero-order valence-corrected chi connectivity index (χ0v) is 15.3. The van der Waals surface area contributed by atoms with Gasteiger partial charge in [-0.15, -0.1) is 0 Å². The van der Waals surface area contributed by atoms with Crippen LogP contribution in [0.2, 0.25) is 0 Å². The molecule has 1 fully saturated rings. The molecule has 0 atom stereocenters. The summed E-state index contributed by atoms with van der Waals surface area (Å²) in [4.78, 5) is 12.4. The van der Waals surface area contributed by atoms with Gasteiger partial charge in [0.25, 0.3) is 0 Å². The smallest absolute Gasteiger partial charge is 0.185 e. The van der Waals surface area contributed by atoms with Crippen molar-refractivity contribution in [2.24, 2.45) is 0 Å². The molecule has 1 saturated carbocycles.